The van der Waals surface area contributed by atoms with Crippen LogP contribution in [0.25, 0.3) is 0 Å². The summed E-state index contributed by atoms with van der Waals surface area (Å²) in [6, 6.07) is -4.35. The van der Waals surface area contributed by atoms with Crippen molar-refractivity contribution in [2.75, 3.05) is 6.54 Å². The van der Waals surface area contributed by atoms with Crippen molar-refractivity contribution in [3.8, 4) is 0 Å². The Balaban J connectivity index is 2.13. The molecule has 0 bridgehead atoms. The van der Waals surface area contributed by atoms with Gasteiger partial charge in [-0.05, 0) is 25.2 Å². The van der Waals surface area contributed by atoms with E-state index in [4.69, 9.17) is 17.2 Å². The number of amides is 3. The van der Waals surface area contributed by atoms with Gasteiger partial charge in [-0.2, -0.15) is 0 Å². The van der Waals surface area contributed by atoms with Gasteiger partial charge in [-0.25, -0.2) is 14.8 Å². The van der Waals surface area contributed by atoms with Crippen molar-refractivity contribution in [1.82, 2.24) is 35.9 Å². The third kappa shape index (κ3) is 11.1. The van der Waals surface area contributed by atoms with Gasteiger partial charge < -0.3 is 48.2 Å². The van der Waals surface area contributed by atoms with Gasteiger partial charge in [0.1, 0.15) is 18.1 Å². The summed E-state index contributed by atoms with van der Waals surface area (Å²) in [7, 11) is 0. The summed E-state index contributed by atoms with van der Waals surface area (Å²) in [6.07, 6.45) is 6.74. The van der Waals surface area contributed by atoms with Gasteiger partial charge in [-0.3, -0.25) is 19.4 Å². The minimum atomic E-state index is -1.25. The maximum atomic E-state index is 13.3. The number of nitrogens with zero attached hydrogens (tertiary/aromatic N) is 3. The first-order valence-electron chi connectivity index (χ1n) is 12.9. The first kappa shape index (κ1) is 31.7. The maximum Gasteiger partial charge on any atom is 0.326 e. The molecule has 0 aliphatic rings. The number of carbonyl (C=O) groups is 4. The molecule has 0 aliphatic heterocycles. The Hall–Kier alpha value is -4.47. The lowest BCUT2D eigenvalue weighted by Gasteiger charge is -2.26. The molecular weight excluding hydrogens is 522 g/mol. The normalized spacial score (nSPS) is 14.0. The number of carboxylic acids is 1. The monoisotopic (exact) mass is 561 g/mol. The maximum absolute atomic E-state index is 13.3. The average molecular weight is 562 g/mol. The van der Waals surface area contributed by atoms with Crippen LogP contribution in [0.1, 0.15) is 44.5 Å². The highest BCUT2D eigenvalue weighted by molar-refractivity contribution is 5.94. The zero-order valence-electron chi connectivity index (χ0n) is 22.6. The number of carbonyl (C=O) groups excluding carboxylic acids is 3. The highest BCUT2D eigenvalue weighted by atomic mass is 16.4. The number of nitrogens with two attached hydrogens (primary N) is 3. The van der Waals surface area contributed by atoms with Crippen LogP contribution in [-0.2, 0) is 32.0 Å². The Morgan fingerprint density at radius 2 is 1.45 bits per heavy atom. The average Bonchev–Trinajstić information content (AvgIpc) is 3.58. The second-order valence-electron chi connectivity index (χ2n) is 9.77. The number of rotatable bonds is 17. The molecule has 12 N–H and O–H groups in total. The van der Waals surface area contributed by atoms with Crippen molar-refractivity contribution >= 4 is 29.7 Å². The van der Waals surface area contributed by atoms with E-state index in [9.17, 15) is 24.3 Å². The van der Waals surface area contributed by atoms with E-state index in [1.54, 1.807) is 6.20 Å². The molecule has 220 valence electrons. The molecule has 40 heavy (non-hydrogen) atoms. The van der Waals surface area contributed by atoms with Gasteiger partial charge in [0.25, 0.3) is 0 Å². The van der Waals surface area contributed by atoms with Crippen molar-refractivity contribution in [2.45, 2.75) is 70.1 Å². The lowest BCUT2D eigenvalue weighted by molar-refractivity contribution is -0.142. The van der Waals surface area contributed by atoms with Crippen molar-refractivity contribution in [3.05, 3.63) is 36.4 Å². The van der Waals surface area contributed by atoms with E-state index >= 15 is 0 Å². The minimum Gasteiger partial charge on any atom is -0.480 e. The fourth-order valence-corrected chi connectivity index (χ4v) is 3.84. The van der Waals surface area contributed by atoms with Crippen LogP contribution in [0.4, 0.5) is 0 Å². The van der Waals surface area contributed by atoms with Crippen LogP contribution >= 0.6 is 0 Å². The van der Waals surface area contributed by atoms with E-state index in [0.717, 1.165) is 0 Å². The Morgan fingerprint density at radius 3 is 1.98 bits per heavy atom. The first-order chi connectivity index (χ1) is 19.0. The largest absolute Gasteiger partial charge is 0.480 e. The fourth-order valence-electron chi connectivity index (χ4n) is 3.84. The third-order valence-electron chi connectivity index (χ3n) is 5.84. The molecule has 0 spiro atoms. The predicted molar refractivity (Wildman–Crippen MR) is 145 cm³/mol. The minimum absolute atomic E-state index is 0.000401. The molecule has 2 rings (SSSR count). The van der Waals surface area contributed by atoms with Gasteiger partial charge in [0.15, 0.2) is 5.96 Å². The Morgan fingerprint density at radius 1 is 0.900 bits per heavy atom. The van der Waals surface area contributed by atoms with Gasteiger partial charge in [-0.15, -0.1) is 0 Å². The Kier molecular flexibility index (Phi) is 12.6. The molecular formula is C24H39N11O5. The molecule has 0 aromatic carbocycles. The zero-order valence-corrected chi connectivity index (χ0v) is 22.6. The number of aromatic amines is 2. The molecule has 0 saturated heterocycles. The van der Waals surface area contributed by atoms with Crippen molar-refractivity contribution in [3.63, 3.8) is 0 Å². The number of aliphatic imine (C=N–C) groups is 1. The molecule has 0 radical (unpaired) electrons. The number of imidazole rings is 2. The van der Waals surface area contributed by atoms with Gasteiger partial charge in [-0.1, -0.05) is 13.8 Å². The Labute approximate surface area is 231 Å². The van der Waals surface area contributed by atoms with Crippen LogP contribution in [-0.4, -0.2) is 85.4 Å². The fraction of sp³-hybridized carbons (Fsp3) is 0.542. The summed E-state index contributed by atoms with van der Waals surface area (Å²) < 4.78 is 0. The van der Waals surface area contributed by atoms with E-state index in [1.165, 1.54) is 18.9 Å². The lowest BCUT2D eigenvalue weighted by atomic mass is 10.0. The summed E-state index contributed by atoms with van der Waals surface area (Å²) in [5.74, 6) is -3.24. The lowest BCUT2D eigenvalue weighted by Crippen LogP contribution is -2.58. The molecule has 3 amide bonds. The van der Waals surface area contributed by atoms with Crippen LogP contribution in [0.5, 0.6) is 0 Å². The van der Waals surface area contributed by atoms with Gasteiger partial charge in [0, 0.05) is 43.2 Å². The Bertz CT molecular complexity index is 1110. The third-order valence-corrected chi connectivity index (χ3v) is 5.84. The summed E-state index contributed by atoms with van der Waals surface area (Å²) >= 11 is 0. The SMILES string of the molecule is CC(C)CC(NC(=O)C(N)Cc1cnc[nH]1)C(=O)NC(Cc1cnc[nH]1)C(=O)NC(CCCN=C(N)N)C(=O)O. The summed E-state index contributed by atoms with van der Waals surface area (Å²) in [4.78, 5) is 68.5. The van der Waals surface area contributed by atoms with Crippen LogP contribution in [0.15, 0.2) is 30.0 Å². The van der Waals surface area contributed by atoms with E-state index in [2.05, 4.69) is 40.9 Å². The topological polar surface area (TPSA) is 272 Å². The smallest absolute Gasteiger partial charge is 0.326 e. The van der Waals surface area contributed by atoms with Gasteiger partial charge in [0.2, 0.25) is 17.7 Å². The second-order valence-corrected chi connectivity index (χ2v) is 9.77. The van der Waals surface area contributed by atoms with E-state index in [-0.39, 0.29) is 44.1 Å². The molecule has 0 aliphatic carbocycles. The highest BCUT2D eigenvalue weighted by Gasteiger charge is 2.31. The summed E-state index contributed by atoms with van der Waals surface area (Å²) in [6.45, 7) is 3.95. The van der Waals surface area contributed by atoms with Crippen molar-refractivity contribution < 1.29 is 24.3 Å². The van der Waals surface area contributed by atoms with Crippen LogP contribution in [0.3, 0.4) is 0 Å². The number of aliphatic carboxylic acids is 1. The number of aromatic nitrogens is 4. The van der Waals surface area contributed by atoms with Crippen LogP contribution in [0, 0.1) is 5.92 Å². The number of nitrogens with one attached hydrogen (secondary N) is 5. The first-order valence-corrected chi connectivity index (χ1v) is 12.9. The highest BCUT2D eigenvalue weighted by Crippen LogP contribution is 2.09. The number of hydrogen-bond donors (Lipinski definition) is 9. The molecule has 16 nitrogen and oxygen atoms in total. The van der Waals surface area contributed by atoms with Crippen LogP contribution in [0.2, 0.25) is 0 Å². The number of carboxylic acid groups (broad SMARTS) is 1. The van der Waals surface area contributed by atoms with E-state index in [1.807, 2.05) is 13.8 Å². The van der Waals surface area contributed by atoms with Crippen LogP contribution < -0.4 is 33.2 Å². The number of guanidine groups is 1. The molecule has 16 heteroatoms. The molecule has 2 aromatic heterocycles. The standard InChI is InChI=1S/C24H39N11O5/c1-13(2)6-18(34-20(36)16(25)7-14-9-28-11-31-14)21(37)35-19(8-15-10-29-12-32-15)22(38)33-17(23(39)40)4-3-5-30-24(26)27/h9-13,16-19H,3-8,25H2,1-2H3,(H,28,31)(H,29,32)(H,33,38)(H,34,36)(H,35,37)(H,39,40)(H4,26,27,30). The molecule has 4 unspecified atom stereocenters. The van der Waals surface area contributed by atoms with Crippen molar-refractivity contribution in [2.24, 2.45) is 28.1 Å². The zero-order chi connectivity index (χ0) is 29.7. The van der Waals surface area contributed by atoms with Gasteiger partial charge >= 0.3 is 5.97 Å². The molecule has 0 fully saturated rings. The summed E-state index contributed by atoms with van der Waals surface area (Å²) in [5, 5.41) is 17.4. The predicted octanol–water partition coefficient (Wildman–Crippen LogP) is -2.12. The molecule has 0 saturated carbocycles. The van der Waals surface area contributed by atoms with E-state index < -0.39 is 47.9 Å². The molecule has 4 atom stereocenters. The second kappa shape index (κ2) is 15.8. The van der Waals surface area contributed by atoms with Gasteiger partial charge in [0.05, 0.1) is 18.7 Å². The number of H-pyrrole nitrogens is 2. The van der Waals surface area contributed by atoms with E-state index in [0.29, 0.717) is 17.8 Å². The number of hydrogen-bond acceptors (Lipinski definition) is 8. The molecule has 2 heterocycles. The summed E-state index contributed by atoms with van der Waals surface area (Å²) in [5.41, 5.74) is 17.8. The van der Waals surface area contributed by atoms with Crippen molar-refractivity contribution in [1.29, 1.82) is 0 Å². The molecule has 2 aromatic rings. The quantitative estimate of drug-likeness (QED) is 0.0575.